The highest BCUT2D eigenvalue weighted by Gasteiger charge is 2.30. The molecule has 0 atom stereocenters. The third-order valence-electron chi connectivity index (χ3n) is 5.50. The van der Waals surface area contributed by atoms with E-state index in [1.165, 1.54) is 0 Å². The van der Waals surface area contributed by atoms with Crippen LogP contribution in [0.15, 0.2) is 36.7 Å². The van der Waals surface area contributed by atoms with Crippen molar-refractivity contribution in [2.45, 2.75) is 53.2 Å². The van der Waals surface area contributed by atoms with Gasteiger partial charge in [0, 0.05) is 29.8 Å². The molecule has 0 spiro atoms. The largest absolute Gasteiger partial charge is 0.332 e. The molecule has 0 aliphatic carbocycles. The smallest absolute Gasteiger partial charge is 0.257 e. The van der Waals surface area contributed by atoms with Crippen molar-refractivity contribution in [2.24, 2.45) is 0 Å². The molecule has 4 rings (SSSR count). The quantitative estimate of drug-likeness (QED) is 0.679. The molecule has 2 amide bonds. The van der Waals surface area contributed by atoms with Crippen LogP contribution < -0.4 is 5.32 Å². The standard InChI is InChI=1S/C23H26N6O2/c1-13(2)28-11-16-9-15(5)17(10-18(16)23(28)31)22(30)26-20-8-6-7-19(25-20)21-27-24-12-29(21)14(3)4/h6-10,12-14H,11H2,1-5H3,(H,25,26,30). The zero-order valence-corrected chi connectivity index (χ0v) is 18.4. The lowest BCUT2D eigenvalue weighted by molar-refractivity contribution is 0.0730. The molecular formula is C23H26N6O2. The molecular weight excluding hydrogens is 392 g/mol. The van der Waals surface area contributed by atoms with Gasteiger partial charge in [0.1, 0.15) is 17.8 Å². The second-order valence-electron chi connectivity index (χ2n) is 8.37. The van der Waals surface area contributed by atoms with Crippen LogP contribution in [0.3, 0.4) is 0 Å². The lowest BCUT2D eigenvalue weighted by Gasteiger charge is -2.19. The van der Waals surface area contributed by atoms with Gasteiger partial charge in [0.25, 0.3) is 11.8 Å². The third-order valence-corrected chi connectivity index (χ3v) is 5.50. The van der Waals surface area contributed by atoms with Gasteiger partial charge in [-0.25, -0.2) is 4.98 Å². The summed E-state index contributed by atoms with van der Waals surface area (Å²) in [4.78, 5) is 32.1. The van der Waals surface area contributed by atoms with Gasteiger partial charge in [-0.2, -0.15) is 0 Å². The Morgan fingerprint density at radius 1 is 1.13 bits per heavy atom. The number of benzene rings is 1. The van der Waals surface area contributed by atoms with Crippen molar-refractivity contribution in [1.29, 1.82) is 0 Å². The SMILES string of the molecule is Cc1cc2c(cc1C(=O)Nc1cccc(-c3nncn3C(C)C)n1)C(=O)N(C(C)C)C2. The van der Waals surface area contributed by atoms with Gasteiger partial charge in [-0.1, -0.05) is 12.1 Å². The van der Waals surface area contributed by atoms with E-state index in [4.69, 9.17) is 0 Å². The molecule has 8 heteroatoms. The first-order valence-corrected chi connectivity index (χ1v) is 10.4. The number of amides is 2. The predicted molar refractivity (Wildman–Crippen MR) is 118 cm³/mol. The van der Waals surface area contributed by atoms with E-state index in [0.717, 1.165) is 11.1 Å². The molecule has 0 bridgehead atoms. The maximum atomic E-state index is 13.0. The first-order chi connectivity index (χ1) is 14.8. The van der Waals surface area contributed by atoms with E-state index in [2.05, 4.69) is 20.5 Å². The first-order valence-electron chi connectivity index (χ1n) is 10.4. The van der Waals surface area contributed by atoms with E-state index in [1.807, 2.05) is 62.3 Å². The number of carbonyl (C=O) groups is 2. The predicted octanol–water partition coefficient (Wildman–Crippen LogP) is 3.85. The summed E-state index contributed by atoms with van der Waals surface area (Å²) in [5, 5.41) is 11.0. The number of carbonyl (C=O) groups excluding carboxylic acids is 2. The van der Waals surface area contributed by atoms with Crippen molar-refractivity contribution in [3.8, 4) is 11.5 Å². The van der Waals surface area contributed by atoms with Crippen molar-refractivity contribution < 1.29 is 9.59 Å². The van der Waals surface area contributed by atoms with Gasteiger partial charge < -0.3 is 14.8 Å². The summed E-state index contributed by atoms with van der Waals surface area (Å²) in [5.74, 6) is 0.716. The maximum absolute atomic E-state index is 13.0. The van der Waals surface area contributed by atoms with Gasteiger partial charge >= 0.3 is 0 Å². The summed E-state index contributed by atoms with van der Waals surface area (Å²) < 4.78 is 1.92. The fourth-order valence-electron chi connectivity index (χ4n) is 3.79. The van der Waals surface area contributed by atoms with Gasteiger partial charge in [0.15, 0.2) is 5.82 Å². The molecule has 0 radical (unpaired) electrons. The van der Waals surface area contributed by atoms with Gasteiger partial charge in [0.05, 0.1) is 0 Å². The molecule has 0 saturated heterocycles. The number of pyridine rings is 1. The van der Waals surface area contributed by atoms with E-state index in [9.17, 15) is 9.59 Å². The Kier molecular flexibility index (Phi) is 5.31. The number of hydrogen-bond acceptors (Lipinski definition) is 5. The van der Waals surface area contributed by atoms with Crippen LogP contribution in [0.5, 0.6) is 0 Å². The Morgan fingerprint density at radius 2 is 1.90 bits per heavy atom. The summed E-state index contributed by atoms with van der Waals surface area (Å²) in [6, 6.07) is 9.30. The third kappa shape index (κ3) is 3.81. The number of aryl methyl sites for hydroxylation is 1. The lowest BCUT2D eigenvalue weighted by Crippen LogP contribution is -2.30. The average molecular weight is 419 g/mol. The van der Waals surface area contributed by atoms with Crippen molar-refractivity contribution in [1.82, 2.24) is 24.6 Å². The molecule has 8 nitrogen and oxygen atoms in total. The molecule has 1 aromatic carbocycles. The fraction of sp³-hybridized carbons (Fsp3) is 0.348. The second-order valence-corrected chi connectivity index (χ2v) is 8.37. The summed E-state index contributed by atoms with van der Waals surface area (Å²) in [6.07, 6.45) is 1.66. The second kappa shape index (κ2) is 7.94. The Bertz CT molecular complexity index is 1160. The molecule has 160 valence electrons. The molecule has 31 heavy (non-hydrogen) atoms. The van der Waals surface area contributed by atoms with Crippen molar-refractivity contribution in [3.05, 3.63) is 58.9 Å². The van der Waals surface area contributed by atoms with E-state index in [0.29, 0.717) is 35.0 Å². The molecule has 3 aromatic rings. The maximum Gasteiger partial charge on any atom is 0.257 e. The minimum atomic E-state index is -0.300. The van der Waals surface area contributed by atoms with Gasteiger partial charge in [-0.05, 0) is 63.9 Å². The van der Waals surface area contributed by atoms with Crippen LogP contribution in [-0.4, -0.2) is 42.5 Å². The minimum Gasteiger partial charge on any atom is -0.332 e. The Morgan fingerprint density at radius 3 is 2.61 bits per heavy atom. The topological polar surface area (TPSA) is 93.0 Å². The van der Waals surface area contributed by atoms with Gasteiger partial charge in [-0.3, -0.25) is 9.59 Å². The fourth-order valence-corrected chi connectivity index (χ4v) is 3.79. The van der Waals surface area contributed by atoms with Crippen LogP contribution in [0.2, 0.25) is 0 Å². The van der Waals surface area contributed by atoms with E-state index >= 15 is 0 Å². The summed E-state index contributed by atoms with van der Waals surface area (Å²) in [5.41, 5.74) is 3.47. The molecule has 1 aliphatic rings. The monoisotopic (exact) mass is 418 g/mol. The van der Waals surface area contributed by atoms with Crippen LogP contribution in [0.25, 0.3) is 11.5 Å². The molecule has 1 aliphatic heterocycles. The number of anilines is 1. The average Bonchev–Trinajstić information content (AvgIpc) is 3.33. The summed E-state index contributed by atoms with van der Waals surface area (Å²) in [6.45, 7) is 10.5. The highest BCUT2D eigenvalue weighted by molar-refractivity contribution is 6.08. The summed E-state index contributed by atoms with van der Waals surface area (Å²) in [7, 11) is 0. The molecule has 2 aromatic heterocycles. The number of nitrogens with zero attached hydrogens (tertiary/aromatic N) is 5. The molecule has 0 unspecified atom stereocenters. The van der Waals surface area contributed by atoms with Gasteiger partial charge in [-0.15, -0.1) is 10.2 Å². The van der Waals surface area contributed by atoms with Crippen LogP contribution in [0.1, 0.15) is 65.6 Å². The zero-order valence-electron chi connectivity index (χ0n) is 18.4. The highest BCUT2D eigenvalue weighted by Crippen LogP contribution is 2.28. The lowest BCUT2D eigenvalue weighted by atomic mass is 10.00. The van der Waals surface area contributed by atoms with E-state index in [1.54, 1.807) is 18.5 Å². The van der Waals surface area contributed by atoms with Crippen molar-refractivity contribution in [3.63, 3.8) is 0 Å². The number of fused-ring (bicyclic) bond motifs is 1. The molecule has 0 fully saturated rings. The highest BCUT2D eigenvalue weighted by atomic mass is 16.2. The Labute approximate surface area is 181 Å². The molecule has 3 heterocycles. The zero-order chi connectivity index (χ0) is 22.3. The number of aromatic nitrogens is 4. The summed E-state index contributed by atoms with van der Waals surface area (Å²) >= 11 is 0. The molecule has 0 saturated carbocycles. The number of hydrogen-bond donors (Lipinski definition) is 1. The van der Waals surface area contributed by atoms with Crippen LogP contribution in [0.4, 0.5) is 5.82 Å². The van der Waals surface area contributed by atoms with Crippen LogP contribution in [-0.2, 0) is 6.54 Å². The van der Waals surface area contributed by atoms with Crippen molar-refractivity contribution >= 4 is 17.6 Å². The van der Waals surface area contributed by atoms with E-state index < -0.39 is 0 Å². The van der Waals surface area contributed by atoms with Crippen LogP contribution >= 0.6 is 0 Å². The van der Waals surface area contributed by atoms with E-state index in [-0.39, 0.29) is 23.9 Å². The first kappa shape index (κ1) is 20.7. The van der Waals surface area contributed by atoms with Gasteiger partial charge in [0.2, 0.25) is 0 Å². The number of nitrogens with one attached hydrogen (secondary N) is 1. The normalized spacial score (nSPS) is 13.3. The van der Waals surface area contributed by atoms with Crippen LogP contribution in [0, 0.1) is 6.92 Å². The number of rotatable bonds is 5. The Hall–Kier alpha value is -3.55. The Balaban J connectivity index is 1.60. The van der Waals surface area contributed by atoms with Crippen molar-refractivity contribution in [2.75, 3.05) is 5.32 Å². The minimum absolute atomic E-state index is 0.0350. The molecule has 1 N–H and O–H groups in total.